The third-order valence-corrected chi connectivity index (χ3v) is 3.09. The van der Waals surface area contributed by atoms with Gasteiger partial charge >= 0.3 is 7.60 Å². The Bertz CT molecular complexity index is 165. The lowest BCUT2D eigenvalue weighted by atomic mass is 10.5. The summed E-state index contributed by atoms with van der Waals surface area (Å²) in [6.45, 7) is 7.25. The molecular weight excluding hydrogens is 191 g/mol. The number of ether oxygens (including phenoxy) is 1. The molecule has 0 heterocycles. The molecule has 0 radical (unpaired) electrons. The van der Waals surface area contributed by atoms with Crippen LogP contribution in [-0.2, 0) is 18.3 Å². The molecule has 4 nitrogen and oxygen atoms in total. The Morgan fingerprint density at radius 2 is 1.46 bits per heavy atom. The Kier molecular flexibility index (Phi) is 5.81. The van der Waals surface area contributed by atoms with Gasteiger partial charge in [-0.25, -0.2) is 0 Å². The van der Waals surface area contributed by atoms with Gasteiger partial charge in [-0.3, -0.25) is 4.57 Å². The van der Waals surface area contributed by atoms with E-state index in [9.17, 15) is 4.57 Å². The molecular formula is C8H19O4P. The summed E-state index contributed by atoms with van der Waals surface area (Å²) in [5.41, 5.74) is 0. The number of hydrogen-bond donors (Lipinski definition) is 0. The van der Waals surface area contributed by atoms with Crippen molar-refractivity contribution in [3.63, 3.8) is 0 Å². The highest BCUT2D eigenvalue weighted by molar-refractivity contribution is 7.53. The van der Waals surface area contributed by atoms with Crippen molar-refractivity contribution in [1.82, 2.24) is 0 Å². The Morgan fingerprint density at radius 1 is 1.08 bits per heavy atom. The average Bonchev–Trinajstić information content (AvgIpc) is 1.81. The van der Waals surface area contributed by atoms with Gasteiger partial charge in [-0.2, -0.15) is 0 Å². The molecule has 5 heteroatoms. The van der Waals surface area contributed by atoms with Crippen molar-refractivity contribution in [3.05, 3.63) is 0 Å². The lowest BCUT2D eigenvalue weighted by Crippen LogP contribution is -2.10. The summed E-state index contributed by atoms with van der Waals surface area (Å²) in [5, 5.41) is 0. The van der Waals surface area contributed by atoms with Crippen molar-refractivity contribution in [1.29, 1.82) is 0 Å². The number of methoxy groups -OCH3 is 1. The van der Waals surface area contributed by atoms with Crippen LogP contribution >= 0.6 is 7.60 Å². The van der Waals surface area contributed by atoms with Crippen LogP contribution < -0.4 is 0 Å². The molecule has 0 bridgehead atoms. The third-order valence-electron chi connectivity index (χ3n) is 1.03. The van der Waals surface area contributed by atoms with E-state index in [2.05, 4.69) is 0 Å². The SMILES string of the molecule is COCP(=O)(OC(C)C)OC(C)C. The fourth-order valence-corrected chi connectivity index (χ4v) is 2.66. The molecule has 0 N–H and O–H groups in total. The van der Waals surface area contributed by atoms with Crippen molar-refractivity contribution >= 4 is 7.60 Å². The minimum atomic E-state index is -3.05. The standard InChI is InChI=1S/C8H19O4P/c1-7(2)11-13(9,6-10-5)12-8(3)4/h7-8H,6H2,1-5H3. The average molecular weight is 210 g/mol. The van der Waals surface area contributed by atoms with E-state index < -0.39 is 7.60 Å². The monoisotopic (exact) mass is 210 g/mol. The Morgan fingerprint density at radius 3 is 1.69 bits per heavy atom. The minimum Gasteiger partial charge on any atom is -0.372 e. The summed E-state index contributed by atoms with van der Waals surface area (Å²) in [4.78, 5) is 0. The summed E-state index contributed by atoms with van der Waals surface area (Å²) in [5.74, 6) is 0. The van der Waals surface area contributed by atoms with Crippen LogP contribution in [0.1, 0.15) is 27.7 Å². The zero-order valence-corrected chi connectivity index (χ0v) is 9.84. The fraction of sp³-hybridized carbons (Fsp3) is 1.00. The van der Waals surface area contributed by atoms with E-state index >= 15 is 0 Å². The largest absolute Gasteiger partial charge is 0.372 e. The van der Waals surface area contributed by atoms with Crippen LogP contribution in [0.2, 0.25) is 0 Å². The first-order chi connectivity index (χ1) is 5.89. The molecule has 0 unspecified atom stereocenters. The number of rotatable bonds is 6. The molecule has 0 saturated heterocycles. The van der Waals surface area contributed by atoms with Crippen LogP contribution in [0, 0.1) is 0 Å². The van der Waals surface area contributed by atoms with E-state index in [0.29, 0.717) is 0 Å². The van der Waals surface area contributed by atoms with Crippen LogP contribution in [-0.4, -0.2) is 25.7 Å². The molecule has 0 rings (SSSR count). The van der Waals surface area contributed by atoms with Crippen molar-refractivity contribution in [3.8, 4) is 0 Å². The van der Waals surface area contributed by atoms with Crippen molar-refractivity contribution in [2.75, 3.05) is 13.5 Å². The maximum Gasteiger partial charge on any atom is 0.356 e. The van der Waals surface area contributed by atoms with Gasteiger partial charge in [0.05, 0.1) is 12.2 Å². The van der Waals surface area contributed by atoms with Gasteiger partial charge in [0.15, 0.2) is 0 Å². The molecule has 13 heavy (non-hydrogen) atoms. The maximum absolute atomic E-state index is 11.9. The lowest BCUT2D eigenvalue weighted by Gasteiger charge is -2.21. The Hall–Kier alpha value is 0.110. The molecule has 0 saturated carbocycles. The van der Waals surface area contributed by atoms with Crippen molar-refractivity contribution in [2.45, 2.75) is 39.9 Å². The van der Waals surface area contributed by atoms with E-state index in [4.69, 9.17) is 13.8 Å². The molecule has 0 spiro atoms. The topological polar surface area (TPSA) is 44.8 Å². The first kappa shape index (κ1) is 13.1. The quantitative estimate of drug-likeness (QED) is 0.632. The summed E-state index contributed by atoms with van der Waals surface area (Å²) >= 11 is 0. The van der Waals surface area contributed by atoms with Gasteiger partial charge in [0.2, 0.25) is 0 Å². The van der Waals surface area contributed by atoms with Crippen LogP contribution in [0.15, 0.2) is 0 Å². The molecule has 0 aliphatic heterocycles. The predicted octanol–water partition coefficient (Wildman–Crippen LogP) is 2.63. The second-order valence-electron chi connectivity index (χ2n) is 3.34. The van der Waals surface area contributed by atoms with Gasteiger partial charge < -0.3 is 13.8 Å². The van der Waals surface area contributed by atoms with Crippen LogP contribution in [0.4, 0.5) is 0 Å². The molecule has 0 atom stereocenters. The fourth-order valence-electron chi connectivity index (χ4n) is 0.886. The van der Waals surface area contributed by atoms with Gasteiger partial charge in [0, 0.05) is 7.11 Å². The maximum atomic E-state index is 11.9. The normalized spacial score (nSPS) is 12.8. The van der Waals surface area contributed by atoms with Crippen molar-refractivity contribution in [2.24, 2.45) is 0 Å². The Labute approximate surface area is 80.1 Å². The summed E-state index contributed by atoms with van der Waals surface area (Å²) < 4.78 is 27.1. The highest BCUT2D eigenvalue weighted by Gasteiger charge is 2.27. The molecule has 0 aromatic rings. The van der Waals surface area contributed by atoms with E-state index in [1.807, 2.05) is 27.7 Å². The third kappa shape index (κ3) is 6.22. The van der Waals surface area contributed by atoms with E-state index in [1.54, 1.807) is 0 Å². The molecule has 0 aliphatic rings. The summed E-state index contributed by atoms with van der Waals surface area (Å²) in [7, 11) is -1.58. The van der Waals surface area contributed by atoms with Gasteiger partial charge in [0.1, 0.15) is 6.35 Å². The highest BCUT2D eigenvalue weighted by atomic mass is 31.2. The van der Waals surface area contributed by atoms with Crippen LogP contribution in [0.3, 0.4) is 0 Å². The Balaban J connectivity index is 4.25. The van der Waals surface area contributed by atoms with Gasteiger partial charge in [0.25, 0.3) is 0 Å². The zero-order chi connectivity index (χ0) is 10.5. The van der Waals surface area contributed by atoms with E-state index in [1.165, 1.54) is 7.11 Å². The van der Waals surface area contributed by atoms with Crippen molar-refractivity contribution < 1.29 is 18.3 Å². The van der Waals surface area contributed by atoms with Gasteiger partial charge in [-0.15, -0.1) is 0 Å². The molecule has 80 valence electrons. The number of hydrogen-bond acceptors (Lipinski definition) is 4. The predicted molar refractivity (Wildman–Crippen MR) is 51.9 cm³/mol. The molecule has 0 aromatic carbocycles. The highest BCUT2D eigenvalue weighted by Crippen LogP contribution is 2.50. The summed E-state index contributed by atoms with van der Waals surface area (Å²) in [6, 6.07) is 0. The molecule has 0 fully saturated rings. The molecule has 0 aromatic heterocycles. The second kappa shape index (κ2) is 5.76. The second-order valence-corrected chi connectivity index (χ2v) is 5.24. The van der Waals surface area contributed by atoms with Crippen LogP contribution in [0.5, 0.6) is 0 Å². The zero-order valence-electron chi connectivity index (χ0n) is 8.94. The molecule has 0 aliphatic carbocycles. The lowest BCUT2D eigenvalue weighted by molar-refractivity contribution is 0.115. The van der Waals surface area contributed by atoms with E-state index in [-0.39, 0.29) is 18.6 Å². The smallest absolute Gasteiger partial charge is 0.356 e. The minimum absolute atomic E-state index is 0.00333. The first-order valence-corrected chi connectivity index (χ1v) is 6.07. The van der Waals surface area contributed by atoms with Crippen LogP contribution in [0.25, 0.3) is 0 Å². The van der Waals surface area contributed by atoms with Gasteiger partial charge in [-0.05, 0) is 27.7 Å². The molecule has 0 amide bonds. The van der Waals surface area contributed by atoms with Gasteiger partial charge in [-0.1, -0.05) is 0 Å². The summed E-state index contributed by atoms with van der Waals surface area (Å²) in [6.07, 6.45) is -0.247. The first-order valence-electron chi connectivity index (χ1n) is 4.34. The van der Waals surface area contributed by atoms with E-state index in [0.717, 1.165) is 0 Å².